The molecule has 0 amide bonds. The van der Waals surface area contributed by atoms with Crippen LogP contribution in [0, 0.1) is 6.92 Å². The van der Waals surface area contributed by atoms with Crippen LogP contribution in [0.5, 0.6) is 6.01 Å². The van der Waals surface area contributed by atoms with E-state index in [1.807, 2.05) is 13.0 Å². The summed E-state index contributed by atoms with van der Waals surface area (Å²) in [6.07, 6.45) is 2.69. The quantitative estimate of drug-likeness (QED) is 0.809. The first-order valence-electron chi connectivity index (χ1n) is 6.22. The van der Waals surface area contributed by atoms with Crippen molar-refractivity contribution in [3.05, 3.63) is 18.0 Å². The van der Waals surface area contributed by atoms with E-state index in [4.69, 9.17) is 4.74 Å². The van der Waals surface area contributed by atoms with Gasteiger partial charge >= 0.3 is 6.01 Å². The molecule has 8 heteroatoms. The van der Waals surface area contributed by atoms with Gasteiger partial charge in [0.25, 0.3) is 0 Å². The highest BCUT2D eigenvalue weighted by atomic mass is 32.2. The van der Waals surface area contributed by atoms with Crippen molar-refractivity contribution in [2.24, 2.45) is 0 Å². The highest BCUT2D eigenvalue weighted by Gasteiger charge is 2.09. The third-order valence-corrected chi connectivity index (χ3v) is 3.01. The van der Waals surface area contributed by atoms with Crippen LogP contribution in [0.3, 0.4) is 0 Å². The number of hydrogen-bond acceptors (Lipinski definition) is 8. The number of aryl methyl sites for hydroxylation is 1. The smallest absolute Gasteiger partial charge is 0.321 e. The van der Waals surface area contributed by atoms with E-state index in [9.17, 15) is 0 Å². The zero-order chi connectivity index (χ0) is 14.4. The number of ether oxygens (including phenoxy) is 1. The lowest BCUT2D eigenvalue weighted by Crippen LogP contribution is -2.07. The molecule has 0 bridgehead atoms. The Morgan fingerprint density at radius 2 is 2.05 bits per heavy atom. The van der Waals surface area contributed by atoms with Crippen molar-refractivity contribution >= 4 is 17.7 Å². The number of aromatic nitrogens is 5. The normalized spacial score (nSPS) is 10.3. The van der Waals surface area contributed by atoms with Crippen LogP contribution < -0.4 is 10.1 Å². The third kappa shape index (κ3) is 4.02. The van der Waals surface area contributed by atoms with Gasteiger partial charge in [0.15, 0.2) is 5.16 Å². The summed E-state index contributed by atoms with van der Waals surface area (Å²) in [5, 5.41) is 4.21. The molecule has 0 unspecified atom stereocenters. The molecule has 0 atom stereocenters. The molecule has 2 aromatic rings. The van der Waals surface area contributed by atoms with Crippen molar-refractivity contribution in [2.45, 2.75) is 30.6 Å². The summed E-state index contributed by atoms with van der Waals surface area (Å²) in [4.78, 5) is 21.1. The van der Waals surface area contributed by atoms with Crippen LogP contribution in [0.1, 0.15) is 19.0 Å². The summed E-state index contributed by atoms with van der Waals surface area (Å²) in [5.74, 6) is 0.494. The molecule has 0 aromatic carbocycles. The largest absolute Gasteiger partial charge is 0.467 e. The molecule has 0 saturated heterocycles. The Morgan fingerprint density at radius 3 is 2.75 bits per heavy atom. The summed E-state index contributed by atoms with van der Waals surface area (Å²) in [5.41, 5.74) is 0.896. The van der Waals surface area contributed by atoms with Gasteiger partial charge in [0, 0.05) is 18.4 Å². The number of methoxy groups -OCH3 is 1. The van der Waals surface area contributed by atoms with Gasteiger partial charge in [-0.15, -0.1) is 0 Å². The van der Waals surface area contributed by atoms with Crippen molar-refractivity contribution in [3.63, 3.8) is 0 Å². The first-order valence-corrected chi connectivity index (χ1v) is 7.04. The van der Waals surface area contributed by atoms with Crippen LogP contribution in [0.4, 0.5) is 5.95 Å². The number of hydrogen-bond donors (Lipinski definition) is 1. The minimum Gasteiger partial charge on any atom is -0.467 e. The first kappa shape index (κ1) is 14.4. The maximum Gasteiger partial charge on any atom is 0.321 e. The molecule has 0 radical (unpaired) electrons. The van der Waals surface area contributed by atoms with Crippen molar-refractivity contribution in [1.29, 1.82) is 0 Å². The molecule has 0 aliphatic heterocycles. The second kappa shape index (κ2) is 6.99. The fourth-order valence-corrected chi connectivity index (χ4v) is 2.07. The van der Waals surface area contributed by atoms with E-state index in [1.54, 1.807) is 6.20 Å². The number of nitrogens with zero attached hydrogens (tertiary/aromatic N) is 5. The van der Waals surface area contributed by atoms with E-state index in [0.29, 0.717) is 16.3 Å². The minimum absolute atomic E-state index is 0.272. The van der Waals surface area contributed by atoms with Gasteiger partial charge in [0.2, 0.25) is 11.1 Å². The Balaban J connectivity index is 2.21. The maximum absolute atomic E-state index is 5.08. The second-order valence-corrected chi connectivity index (χ2v) is 4.87. The van der Waals surface area contributed by atoms with Gasteiger partial charge in [0.1, 0.15) is 0 Å². The highest BCUT2D eigenvalue weighted by Crippen LogP contribution is 2.23. The zero-order valence-electron chi connectivity index (χ0n) is 11.6. The van der Waals surface area contributed by atoms with Gasteiger partial charge < -0.3 is 10.1 Å². The SMILES string of the molecule is CCCNc1nc(OC)nc(Sc2nccc(C)n2)n1. The zero-order valence-corrected chi connectivity index (χ0v) is 12.4. The molecular formula is C12H16N6OS. The predicted octanol–water partition coefficient (Wildman–Crippen LogP) is 1.95. The van der Waals surface area contributed by atoms with E-state index in [-0.39, 0.29) is 6.01 Å². The van der Waals surface area contributed by atoms with Gasteiger partial charge in [-0.3, -0.25) is 0 Å². The predicted molar refractivity (Wildman–Crippen MR) is 76.1 cm³/mol. The van der Waals surface area contributed by atoms with Crippen LogP contribution in [0.2, 0.25) is 0 Å². The van der Waals surface area contributed by atoms with Gasteiger partial charge in [-0.1, -0.05) is 6.92 Å². The number of nitrogens with one attached hydrogen (secondary N) is 1. The van der Waals surface area contributed by atoms with E-state index >= 15 is 0 Å². The Kier molecular flexibility index (Phi) is 5.05. The van der Waals surface area contributed by atoms with E-state index in [2.05, 4.69) is 37.2 Å². The maximum atomic E-state index is 5.08. The molecule has 0 aliphatic carbocycles. The fraction of sp³-hybridized carbons (Fsp3) is 0.417. The molecule has 0 fully saturated rings. The second-order valence-electron chi connectivity index (χ2n) is 3.94. The Morgan fingerprint density at radius 1 is 1.20 bits per heavy atom. The summed E-state index contributed by atoms with van der Waals surface area (Å²) in [6.45, 7) is 4.77. The lowest BCUT2D eigenvalue weighted by molar-refractivity contribution is 0.373. The summed E-state index contributed by atoms with van der Waals surface area (Å²) < 4.78 is 5.08. The topological polar surface area (TPSA) is 85.7 Å². The lowest BCUT2D eigenvalue weighted by atomic mass is 10.5. The molecule has 106 valence electrons. The molecular weight excluding hydrogens is 276 g/mol. The molecule has 2 heterocycles. The van der Waals surface area contributed by atoms with E-state index in [0.717, 1.165) is 18.7 Å². The molecule has 0 aliphatic rings. The number of rotatable bonds is 6. The molecule has 0 saturated carbocycles. The van der Waals surface area contributed by atoms with Crippen molar-refractivity contribution in [1.82, 2.24) is 24.9 Å². The Labute approximate surface area is 121 Å². The van der Waals surface area contributed by atoms with Crippen LogP contribution in [-0.4, -0.2) is 38.6 Å². The third-order valence-electron chi connectivity index (χ3n) is 2.27. The summed E-state index contributed by atoms with van der Waals surface area (Å²) in [6, 6.07) is 2.11. The molecule has 0 spiro atoms. The van der Waals surface area contributed by atoms with Gasteiger partial charge in [-0.25, -0.2) is 9.97 Å². The highest BCUT2D eigenvalue weighted by molar-refractivity contribution is 7.99. The van der Waals surface area contributed by atoms with E-state index in [1.165, 1.54) is 18.9 Å². The molecule has 7 nitrogen and oxygen atoms in total. The van der Waals surface area contributed by atoms with Crippen LogP contribution in [0.25, 0.3) is 0 Å². The standard InChI is InChI=1S/C12H16N6OS/c1-4-6-13-9-16-10(19-3)18-12(17-9)20-11-14-7-5-8(2)15-11/h5,7H,4,6H2,1-3H3,(H,13,16,17,18). The Bertz CT molecular complexity index is 580. The number of anilines is 1. The molecule has 1 N–H and O–H groups in total. The van der Waals surface area contributed by atoms with Crippen LogP contribution in [0.15, 0.2) is 22.6 Å². The van der Waals surface area contributed by atoms with Crippen LogP contribution in [-0.2, 0) is 0 Å². The Hall–Kier alpha value is -1.96. The summed E-state index contributed by atoms with van der Waals surface area (Å²) >= 11 is 1.27. The fourth-order valence-electron chi connectivity index (χ4n) is 1.35. The van der Waals surface area contributed by atoms with Crippen molar-refractivity contribution in [3.8, 4) is 6.01 Å². The average molecular weight is 292 g/mol. The monoisotopic (exact) mass is 292 g/mol. The minimum atomic E-state index is 0.272. The van der Waals surface area contributed by atoms with Crippen molar-refractivity contribution < 1.29 is 4.74 Å². The average Bonchev–Trinajstić information content (AvgIpc) is 2.45. The molecule has 2 aromatic heterocycles. The van der Waals surface area contributed by atoms with Gasteiger partial charge in [-0.2, -0.15) is 15.0 Å². The lowest BCUT2D eigenvalue weighted by Gasteiger charge is -2.06. The van der Waals surface area contributed by atoms with E-state index < -0.39 is 0 Å². The first-order chi connectivity index (χ1) is 9.71. The summed E-state index contributed by atoms with van der Waals surface area (Å²) in [7, 11) is 1.52. The molecule has 2 rings (SSSR count). The van der Waals surface area contributed by atoms with Crippen molar-refractivity contribution in [2.75, 3.05) is 19.0 Å². The van der Waals surface area contributed by atoms with Gasteiger partial charge in [-0.05, 0) is 31.2 Å². The van der Waals surface area contributed by atoms with Crippen LogP contribution >= 0.6 is 11.8 Å². The molecule has 20 heavy (non-hydrogen) atoms. The van der Waals surface area contributed by atoms with Gasteiger partial charge in [0.05, 0.1) is 7.11 Å².